The van der Waals surface area contributed by atoms with E-state index in [9.17, 15) is 10.1 Å². The second kappa shape index (κ2) is 6.52. The molecule has 0 aromatic heterocycles. The van der Waals surface area contributed by atoms with Gasteiger partial charge in [0.1, 0.15) is 0 Å². The molecule has 0 fully saturated rings. The van der Waals surface area contributed by atoms with Crippen LogP contribution < -0.4 is 0 Å². The lowest BCUT2D eigenvalue weighted by Crippen LogP contribution is -2.02. The predicted molar refractivity (Wildman–Crippen MR) is 82.5 cm³/mol. The smallest absolute Gasteiger partial charge is 0.270 e. The summed E-state index contributed by atoms with van der Waals surface area (Å²) in [6, 6.07) is 6.71. The maximum absolute atomic E-state index is 11.0. The van der Waals surface area contributed by atoms with Gasteiger partial charge in [0.15, 0.2) is 0 Å². The Labute approximate surface area is 124 Å². The number of oxime groups is 1. The molecule has 0 aliphatic heterocycles. The Morgan fingerprint density at radius 2 is 2.29 bits per heavy atom. The van der Waals surface area contributed by atoms with Crippen molar-refractivity contribution in [2.75, 3.05) is 0 Å². The number of hydrogen-bond acceptors (Lipinski definition) is 4. The highest BCUT2D eigenvalue weighted by molar-refractivity contribution is 5.86. The molecule has 0 heterocycles. The topological polar surface area (TPSA) is 75.7 Å². The van der Waals surface area contributed by atoms with Crippen LogP contribution in [-0.2, 0) is 0 Å². The van der Waals surface area contributed by atoms with Gasteiger partial charge >= 0.3 is 0 Å². The molecule has 1 unspecified atom stereocenters. The van der Waals surface area contributed by atoms with E-state index in [1.54, 1.807) is 12.1 Å². The summed E-state index contributed by atoms with van der Waals surface area (Å²) in [4.78, 5) is 10.6. The van der Waals surface area contributed by atoms with Gasteiger partial charge in [0.2, 0.25) is 0 Å². The average molecular weight is 288 g/mol. The predicted octanol–water partition coefficient (Wildman–Crippen LogP) is 4.26. The lowest BCUT2D eigenvalue weighted by Gasteiger charge is -2.13. The summed E-state index contributed by atoms with van der Waals surface area (Å²) < 4.78 is 0. The third-order valence-electron chi connectivity index (χ3n) is 3.78. The third kappa shape index (κ3) is 3.48. The van der Waals surface area contributed by atoms with Crippen molar-refractivity contribution in [3.05, 3.63) is 45.5 Å². The molecule has 1 aliphatic rings. The Hall–Kier alpha value is -2.17. The van der Waals surface area contributed by atoms with Crippen LogP contribution in [0.25, 0.3) is 5.57 Å². The summed E-state index contributed by atoms with van der Waals surface area (Å²) in [7, 11) is 0. The fraction of sp³-hybridized carbons (Fsp3) is 0.438. The van der Waals surface area contributed by atoms with Gasteiger partial charge < -0.3 is 5.21 Å². The first kappa shape index (κ1) is 15.2. The molecule has 0 bridgehead atoms. The molecule has 1 aromatic rings. The molecule has 0 amide bonds. The van der Waals surface area contributed by atoms with E-state index in [-0.39, 0.29) is 16.5 Å². The van der Waals surface area contributed by atoms with Crippen LogP contribution in [0.1, 0.15) is 38.7 Å². The van der Waals surface area contributed by atoms with Gasteiger partial charge in [0.25, 0.3) is 5.69 Å². The highest BCUT2D eigenvalue weighted by Crippen LogP contribution is 2.41. The highest BCUT2D eigenvalue weighted by atomic mass is 16.6. The number of nitro groups is 1. The normalized spacial score (nSPS) is 18.9. The van der Waals surface area contributed by atoms with Gasteiger partial charge in [-0.05, 0) is 36.3 Å². The van der Waals surface area contributed by atoms with Crippen molar-refractivity contribution in [2.45, 2.75) is 33.1 Å². The molecule has 21 heavy (non-hydrogen) atoms. The monoisotopic (exact) mass is 288 g/mol. The zero-order valence-corrected chi connectivity index (χ0v) is 12.3. The van der Waals surface area contributed by atoms with Crippen molar-refractivity contribution in [1.29, 1.82) is 0 Å². The van der Waals surface area contributed by atoms with Crippen molar-refractivity contribution in [3.63, 3.8) is 0 Å². The van der Waals surface area contributed by atoms with Crippen LogP contribution in [0.3, 0.4) is 0 Å². The quantitative estimate of drug-likeness (QED) is 0.380. The Morgan fingerprint density at radius 3 is 2.90 bits per heavy atom. The van der Waals surface area contributed by atoms with E-state index in [0.29, 0.717) is 5.92 Å². The lowest BCUT2D eigenvalue weighted by atomic mass is 9.91. The Morgan fingerprint density at radius 1 is 1.52 bits per heavy atom. The fourth-order valence-electron chi connectivity index (χ4n) is 3.01. The molecule has 1 atom stereocenters. The van der Waals surface area contributed by atoms with Crippen LogP contribution in [0.5, 0.6) is 0 Å². The van der Waals surface area contributed by atoms with Crippen LogP contribution in [-0.4, -0.2) is 16.3 Å². The Kier molecular flexibility index (Phi) is 4.73. The molecule has 0 saturated carbocycles. The molecule has 0 spiro atoms. The Bertz CT molecular complexity index is 591. The van der Waals surface area contributed by atoms with Crippen LogP contribution in [0.4, 0.5) is 5.69 Å². The van der Waals surface area contributed by atoms with E-state index in [1.165, 1.54) is 17.9 Å². The van der Waals surface area contributed by atoms with E-state index < -0.39 is 0 Å². The van der Waals surface area contributed by atoms with Gasteiger partial charge in [-0.1, -0.05) is 31.6 Å². The van der Waals surface area contributed by atoms with Crippen LogP contribution in [0.15, 0.2) is 35.0 Å². The highest BCUT2D eigenvalue weighted by Gasteiger charge is 2.26. The molecule has 5 heteroatoms. The number of rotatable bonds is 5. The molecule has 0 saturated heterocycles. The minimum absolute atomic E-state index is 0.0331. The molecular formula is C16H20N2O3. The van der Waals surface area contributed by atoms with E-state index in [2.05, 4.69) is 19.0 Å². The molecule has 2 rings (SSSR count). The Balaban J connectivity index is 2.47. The fourth-order valence-corrected chi connectivity index (χ4v) is 3.01. The molecule has 5 nitrogen and oxygen atoms in total. The summed E-state index contributed by atoms with van der Waals surface area (Å²) in [5.74, 6) is 0.560. The zero-order valence-electron chi connectivity index (χ0n) is 12.3. The first-order valence-electron chi connectivity index (χ1n) is 7.17. The molecule has 1 aliphatic carbocycles. The van der Waals surface area contributed by atoms with Crippen molar-refractivity contribution in [1.82, 2.24) is 0 Å². The van der Waals surface area contributed by atoms with Crippen molar-refractivity contribution >= 4 is 17.5 Å². The number of non-ortho nitro benzene ring substituents is 1. The summed E-state index contributed by atoms with van der Waals surface area (Å²) in [6.07, 6.45) is 4.34. The third-order valence-corrected chi connectivity index (χ3v) is 3.78. The molecule has 0 radical (unpaired) electrons. The second-order valence-corrected chi connectivity index (χ2v) is 5.83. The second-order valence-electron chi connectivity index (χ2n) is 5.83. The standard InChI is InChI=1S/C16H20N2O3/c1-11(2)8-13-6-7-14(10-17-19)16(13)12-4-3-5-15(9-12)18(20)21/h3-5,9-11,14,19H,6-8H2,1-2H3. The van der Waals surface area contributed by atoms with E-state index in [0.717, 1.165) is 30.4 Å². The van der Waals surface area contributed by atoms with Crippen LogP contribution in [0.2, 0.25) is 0 Å². The maximum atomic E-state index is 11.0. The first-order chi connectivity index (χ1) is 10.0. The molecule has 1 aromatic carbocycles. The molecule has 112 valence electrons. The number of benzene rings is 1. The van der Waals surface area contributed by atoms with Gasteiger partial charge in [-0.2, -0.15) is 0 Å². The molecule has 1 N–H and O–H groups in total. The van der Waals surface area contributed by atoms with Gasteiger partial charge in [0, 0.05) is 18.1 Å². The summed E-state index contributed by atoms with van der Waals surface area (Å²) >= 11 is 0. The van der Waals surface area contributed by atoms with Crippen molar-refractivity contribution in [3.8, 4) is 0 Å². The van der Waals surface area contributed by atoms with E-state index >= 15 is 0 Å². The largest absolute Gasteiger partial charge is 0.411 e. The molecular weight excluding hydrogens is 268 g/mol. The van der Waals surface area contributed by atoms with Gasteiger partial charge in [-0.25, -0.2) is 0 Å². The van der Waals surface area contributed by atoms with E-state index in [4.69, 9.17) is 5.21 Å². The first-order valence-corrected chi connectivity index (χ1v) is 7.17. The van der Waals surface area contributed by atoms with Gasteiger partial charge in [-0.15, -0.1) is 5.16 Å². The summed E-state index contributed by atoms with van der Waals surface area (Å²) in [5, 5.41) is 23.0. The number of nitrogens with zero attached hydrogens (tertiary/aromatic N) is 2. The number of hydrogen-bond donors (Lipinski definition) is 1. The minimum Gasteiger partial charge on any atom is -0.411 e. The minimum atomic E-state index is -0.379. The lowest BCUT2D eigenvalue weighted by molar-refractivity contribution is -0.384. The van der Waals surface area contributed by atoms with E-state index in [1.807, 2.05) is 6.07 Å². The summed E-state index contributed by atoms with van der Waals surface area (Å²) in [6.45, 7) is 4.32. The summed E-state index contributed by atoms with van der Waals surface area (Å²) in [5.41, 5.74) is 3.36. The van der Waals surface area contributed by atoms with Crippen LogP contribution in [0, 0.1) is 22.0 Å². The van der Waals surface area contributed by atoms with Crippen molar-refractivity contribution in [2.24, 2.45) is 17.0 Å². The van der Waals surface area contributed by atoms with Crippen molar-refractivity contribution < 1.29 is 10.1 Å². The number of allylic oxidation sites excluding steroid dienone is 2. The van der Waals surface area contributed by atoms with Gasteiger partial charge in [0.05, 0.1) is 11.1 Å². The van der Waals surface area contributed by atoms with Crippen LogP contribution >= 0.6 is 0 Å². The SMILES string of the molecule is CC(C)CC1=C(c2cccc([N+](=O)[O-])c2)C(C=NO)CC1. The number of nitro benzene ring substituents is 1. The van der Waals surface area contributed by atoms with Gasteiger partial charge in [-0.3, -0.25) is 10.1 Å². The average Bonchev–Trinajstić information content (AvgIpc) is 2.81. The maximum Gasteiger partial charge on any atom is 0.270 e. The zero-order chi connectivity index (χ0) is 15.4.